The molecule has 31 heavy (non-hydrogen) atoms. The van der Waals surface area contributed by atoms with E-state index in [2.05, 4.69) is 16.3 Å². The van der Waals surface area contributed by atoms with Crippen LogP contribution in [0.5, 0.6) is 0 Å². The molecule has 1 aromatic heterocycles. The average molecular weight is 447 g/mol. The van der Waals surface area contributed by atoms with Gasteiger partial charge in [0.2, 0.25) is 17.7 Å². The molecule has 0 aromatic carbocycles. The highest BCUT2D eigenvalue weighted by Gasteiger charge is 2.26. The fourth-order valence-electron chi connectivity index (χ4n) is 4.76. The molecule has 0 atom stereocenters. The second-order valence-electron chi connectivity index (χ2n) is 8.89. The van der Waals surface area contributed by atoms with Gasteiger partial charge >= 0.3 is 0 Å². The Morgan fingerprint density at radius 2 is 1.39 bits per heavy atom. The number of carbonyl (C=O) groups excluding carboxylic acids is 3. The number of hydrogen-bond donors (Lipinski definition) is 0. The Morgan fingerprint density at radius 1 is 0.742 bits per heavy atom. The van der Waals surface area contributed by atoms with E-state index >= 15 is 0 Å². The molecule has 0 N–H and O–H groups in total. The van der Waals surface area contributed by atoms with E-state index in [4.69, 9.17) is 0 Å². The second-order valence-corrected chi connectivity index (χ2v) is 9.89. The fourth-order valence-corrected chi connectivity index (χ4v) is 5.65. The van der Waals surface area contributed by atoms with Crippen molar-refractivity contribution in [2.75, 3.05) is 52.4 Å². The third-order valence-corrected chi connectivity index (χ3v) is 7.78. The van der Waals surface area contributed by atoms with Gasteiger partial charge in [0.1, 0.15) is 0 Å². The van der Waals surface area contributed by atoms with Gasteiger partial charge in [-0.05, 0) is 36.3 Å². The zero-order chi connectivity index (χ0) is 21.6. The molecule has 1 aromatic rings. The van der Waals surface area contributed by atoms with Crippen molar-refractivity contribution in [2.45, 2.75) is 51.5 Å². The van der Waals surface area contributed by atoms with E-state index in [1.807, 2.05) is 14.7 Å². The number of thiophene rings is 1. The normalized spacial score (nSPS) is 20.3. The standard InChI is InChI=1S/C23H34N4O3S/c28-21(5-6-22(29)27-11-7-20-19(17-27)8-16-31-20)26-14-12-24(13-15-26)18-23(30)25-9-3-1-2-4-10-25/h8,16H,1-7,9-15,17-18H2. The molecular formula is C23H34N4O3S. The van der Waals surface area contributed by atoms with Crippen molar-refractivity contribution < 1.29 is 14.4 Å². The molecule has 0 spiro atoms. The lowest BCUT2D eigenvalue weighted by Crippen LogP contribution is -2.51. The maximum atomic E-state index is 12.6. The lowest BCUT2D eigenvalue weighted by atomic mass is 10.1. The molecule has 2 saturated heterocycles. The summed E-state index contributed by atoms with van der Waals surface area (Å²) in [6.07, 6.45) is 6.15. The molecule has 170 valence electrons. The van der Waals surface area contributed by atoms with Crippen molar-refractivity contribution in [3.63, 3.8) is 0 Å². The van der Waals surface area contributed by atoms with E-state index in [0.717, 1.165) is 52.0 Å². The van der Waals surface area contributed by atoms with Crippen molar-refractivity contribution in [2.24, 2.45) is 0 Å². The predicted molar refractivity (Wildman–Crippen MR) is 121 cm³/mol. The maximum Gasteiger partial charge on any atom is 0.236 e. The van der Waals surface area contributed by atoms with E-state index in [1.54, 1.807) is 11.3 Å². The van der Waals surface area contributed by atoms with Gasteiger partial charge in [0.25, 0.3) is 0 Å². The molecule has 4 rings (SSSR count). The first-order valence-electron chi connectivity index (χ1n) is 11.7. The van der Waals surface area contributed by atoms with Crippen molar-refractivity contribution >= 4 is 29.1 Å². The van der Waals surface area contributed by atoms with Gasteiger partial charge in [-0.15, -0.1) is 11.3 Å². The summed E-state index contributed by atoms with van der Waals surface area (Å²) in [5, 5.41) is 2.09. The van der Waals surface area contributed by atoms with Crippen LogP contribution >= 0.6 is 11.3 Å². The highest BCUT2D eigenvalue weighted by molar-refractivity contribution is 7.10. The minimum Gasteiger partial charge on any atom is -0.342 e. The summed E-state index contributed by atoms with van der Waals surface area (Å²) in [6.45, 7) is 6.40. The number of likely N-dealkylation sites (tertiary alicyclic amines) is 1. The number of rotatable bonds is 5. The number of hydrogen-bond acceptors (Lipinski definition) is 5. The molecule has 0 saturated carbocycles. The largest absolute Gasteiger partial charge is 0.342 e. The molecule has 8 heteroatoms. The van der Waals surface area contributed by atoms with Crippen LogP contribution in [0.4, 0.5) is 0 Å². The average Bonchev–Trinajstić information content (AvgIpc) is 3.09. The van der Waals surface area contributed by atoms with Crippen molar-refractivity contribution in [1.82, 2.24) is 19.6 Å². The Balaban J connectivity index is 1.16. The van der Waals surface area contributed by atoms with Crippen LogP contribution in [-0.2, 0) is 27.3 Å². The van der Waals surface area contributed by atoms with Crippen LogP contribution in [0, 0.1) is 0 Å². The Morgan fingerprint density at radius 3 is 2.10 bits per heavy atom. The minimum atomic E-state index is 0.0556. The highest BCUT2D eigenvalue weighted by Crippen LogP contribution is 2.24. The van der Waals surface area contributed by atoms with E-state index in [0.29, 0.717) is 26.2 Å². The monoisotopic (exact) mass is 446 g/mol. The van der Waals surface area contributed by atoms with E-state index in [-0.39, 0.29) is 30.6 Å². The van der Waals surface area contributed by atoms with Gasteiger partial charge in [-0.25, -0.2) is 0 Å². The van der Waals surface area contributed by atoms with Crippen LogP contribution in [0.3, 0.4) is 0 Å². The van der Waals surface area contributed by atoms with Crippen LogP contribution in [0.25, 0.3) is 0 Å². The lowest BCUT2D eigenvalue weighted by molar-refractivity contribution is -0.139. The van der Waals surface area contributed by atoms with Crippen LogP contribution in [0.2, 0.25) is 0 Å². The summed E-state index contributed by atoms with van der Waals surface area (Å²) in [4.78, 5) is 47.1. The summed E-state index contributed by atoms with van der Waals surface area (Å²) >= 11 is 1.76. The van der Waals surface area contributed by atoms with Crippen molar-refractivity contribution in [1.29, 1.82) is 0 Å². The lowest BCUT2D eigenvalue weighted by Gasteiger charge is -2.35. The van der Waals surface area contributed by atoms with Crippen LogP contribution in [-0.4, -0.2) is 89.7 Å². The SMILES string of the molecule is O=C(CCC(=O)N1CCc2sccc2C1)N1CCN(CC(=O)N2CCCCCC2)CC1. The van der Waals surface area contributed by atoms with E-state index in [9.17, 15) is 14.4 Å². The first-order valence-corrected chi connectivity index (χ1v) is 12.6. The quantitative estimate of drug-likeness (QED) is 0.694. The van der Waals surface area contributed by atoms with Crippen LogP contribution < -0.4 is 0 Å². The summed E-state index contributed by atoms with van der Waals surface area (Å²) in [5.41, 5.74) is 1.25. The zero-order valence-electron chi connectivity index (χ0n) is 18.4. The Labute approximate surface area is 189 Å². The first kappa shape index (κ1) is 22.3. The number of piperazine rings is 1. The van der Waals surface area contributed by atoms with Gasteiger partial charge in [-0.3, -0.25) is 19.3 Å². The number of amides is 3. The van der Waals surface area contributed by atoms with Gasteiger partial charge in [-0.2, -0.15) is 0 Å². The highest BCUT2D eigenvalue weighted by atomic mass is 32.1. The van der Waals surface area contributed by atoms with E-state index in [1.165, 1.54) is 23.3 Å². The third-order valence-electron chi connectivity index (χ3n) is 6.76. The molecule has 0 bridgehead atoms. The zero-order valence-corrected chi connectivity index (χ0v) is 19.2. The summed E-state index contributed by atoms with van der Waals surface area (Å²) < 4.78 is 0. The van der Waals surface area contributed by atoms with Gasteiger partial charge < -0.3 is 14.7 Å². The predicted octanol–water partition coefficient (Wildman–Crippen LogP) is 1.96. The number of fused-ring (bicyclic) bond motifs is 1. The Hall–Kier alpha value is -1.93. The topological polar surface area (TPSA) is 64.2 Å². The summed E-state index contributed by atoms with van der Waals surface area (Å²) in [6, 6.07) is 2.10. The Kier molecular flexibility index (Phi) is 7.61. The van der Waals surface area contributed by atoms with Gasteiger partial charge in [0, 0.05) is 70.1 Å². The molecular weight excluding hydrogens is 412 g/mol. The minimum absolute atomic E-state index is 0.0556. The molecule has 3 aliphatic rings. The fraction of sp³-hybridized carbons (Fsp3) is 0.696. The molecule has 2 fully saturated rings. The first-order chi connectivity index (χ1) is 15.1. The molecule has 0 unspecified atom stereocenters. The van der Waals surface area contributed by atoms with Gasteiger partial charge in [-0.1, -0.05) is 12.8 Å². The van der Waals surface area contributed by atoms with Gasteiger partial charge in [0.15, 0.2) is 0 Å². The molecule has 0 radical (unpaired) electrons. The Bertz CT molecular complexity index is 780. The molecule has 3 aliphatic heterocycles. The second kappa shape index (κ2) is 10.6. The smallest absolute Gasteiger partial charge is 0.236 e. The summed E-state index contributed by atoms with van der Waals surface area (Å²) in [7, 11) is 0. The summed E-state index contributed by atoms with van der Waals surface area (Å²) in [5.74, 6) is 0.356. The van der Waals surface area contributed by atoms with E-state index < -0.39 is 0 Å². The maximum absolute atomic E-state index is 12.6. The van der Waals surface area contributed by atoms with Gasteiger partial charge in [0.05, 0.1) is 6.54 Å². The molecule has 4 heterocycles. The van der Waals surface area contributed by atoms with Crippen molar-refractivity contribution in [3.8, 4) is 0 Å². The third kappa shape index (κ3) is 5.86. The molecule has 7 nitrogen and oxygen atoms in total. The van der Waals surface area contributed by atoms with Crippen molar-refractivity contribution in [3.05, 3.63) is 21.9 Å². The molecule has 3 amide bonds. The van der Waals surface area contributed by atoms with Crippen LogP contribution in [0.15, 0.2) is 11.4 Å². The molecule has 0 aliphatic carbocycles. The van der Waals surface area contributed by atoms with Crippen LogP contribution in [0.1, 0.15) is 49.0 Å². The number of nitrogens with zero attached hydrogens (tertiary/aromatic N) is 4. The number of carbonyl (C=O) groups is 3.